The van der Waals surface area contributed by atoms with Gasteiger partial charge in [0, 0.05) is 0 Å². The standard InChI is InChI=1S/C22H24N2O4S/c1-5-28-22(25)20-19(17-10-8-16(9-11-17)14(2)3)21(24-23-20)29(26,27)18-12-6-15(4)7-13-18/h6-14H,5H2,1-4H3,(H,23,24). The molecule has 1 heterocycles. The molecule has 3 aromatic rings. The molecule has 1 N–H and O–H groups in total. The number of aromatic amines is 1. The van der Waals surface area contributed by atoms with E-state index < -0.39 is 15.8 Å². The fourth-order valence-corrected chi connectivity index (χ4v) is 4.38. The molecule has 0 radical (unpaired) electrons. The lowest BCUT2D eigenvalue weighted by molar-refractivity contribution is 0.0520. The summed E-state index contributed by atoms with van der Waals surface area (Å²) >= 11 is 0. The first kappa shape index (κ1) is 20.8. The van der Waals surface area contributed by atoms with Crippen LogP contribution in [-0.2, 0) is 14.6 Å². The average molecular weight is 413 g/mol. The highest BCUT2D eigenvalue weighted by atomic mass is 32.2. The van der Waals surface area contributed by atoms with E-state index in [2.05, 4.69) is 24.0 Å². The van der Waals surface area contributed by atoms with Crippen molar-refractivity contribution in [2.24, 2.45) is 0 Å². The van der Waals surface area contributed by atoms with Gasteiger partial charge in [-0.15, -0.1) is 0 Å². The zero-order valence-corrected chi connectivity index (χ0v) is 17.7. The third-order valence-corrected chi connectivity index (χ3v) is 6.39. The molecule has 3 rings (SSSR count). The zero-order valence-electron chi connectivity index (χ0n) is 16.9. The maximum absolute atomic E-state index is 13.3. The number of aromatic nitrogens is 2. The van der Waals surface area contributed by atoms with Crippen LogP contribution in [0.2, 0.25) is 0 Å². The predicted octanol–water partition coefficient (Wildman–Crippen LogP) is 4.52. The highest BCUT2D eigenvalue weighted by Crippen LogP contribution is 2.34. The van der Waals surface area contributed by atoms with Gasteiger partial charge in [-0.05, 0) is 43.0 Å². The number of esters is 1. The Morgan fingerprint density at radius 2 is 1.69 bits per heavy atom. The average Bonchev–Trinajstić information content (AvgIpc) is 3.14. The summed E-state index contributed by atoms with van der Waals surface area (Å²) in [7, 11) is -3.91. The summed E-state index contributed by atoms with van der Waals surface area (Å²) in [5, 5.41) is 6.44. The lowest BCUT2D eigenvalue weighted by Gasteiger charge is -2.10. The number of benzene rings is 2. The van der Waals surface area contributed by atoms with Crippen LogP contribution in [0, 0.1) is 6.92 Å². The molecule has 29 heavy (non-hydrogen) atoms. The maximum atomic E-state index is 13.3. The number of H-pyrrole nitrogens is 1. The van der Waals surface area contributed by atoms with Crippen molar-refractivity contribution in [2.75, 3.05) is 6.61 Å². The first-order valence-corrected chi connectivity index (χ1v) is 10.9. The molecule has 0 aliphatic heterocycles. The Morgan fingerprint density at radius 1 is 1.07 bits per heavy atom. The number of hydrogen-bond acceptors (Lipinski definition) is 5. The minimum Gasteiger partial charge on any atom is -0.461 e. The second kappa shape index (κ2) is 8.21. The summed E-state index contributed by atoms with van der Waals surface area (Å²) in [6.45, 7) is 7.88. The second-order valence-electron chi connectivity index (χ2n) is 7.09. The summed E-state index contributed by atoms with van der Waals surface area (Å²) in [6.07, 6.45) is 0. The summed E-state index contributed by atoms with van der Waals surface area (Å²) in [5.41, 5.74) is 2.81. The van der Waals surface area contributed by atoms with Crippen LogP contribution in [-0.4, -0.2) is 31.2 Å². The molecule has 2 aromatic carbocycles. The lowest BCUT2D eigenvalue weighted by atomic mass is 9.99. The van der Waals surface area contributed by atoms with Gasteiger partial charge in [0.25, 0.3) is 0 Å². The van der Waals surface area contributed by atoms with E-state index in [9.17, 15) is 13.2 Å². The fourth-order valence-electron chi connectivity index (χ4n) is 3.01. The Morgan fingerprint density at radius 3 is 2.24 bits per heavy atom. The number of nitrogens with zero attached hydrogens (tertiary/aromatic N) is 1. The first-order valence-electron chi connectivity index (χ1n) is 9.43. The predicted molar refractivity (Wildman–Crippen MR) is 111 cm³/mol. The molecular weight excluding hydrogens is 388 g/mol. The van der Waals surface area contributed by atoms with Crippen molar-refractivity contribution in [3.8, 4) is 11.1 Å². The maximum Gasteiger partial charge on any atom is 0.359 e. The van der Waals surface area contributed by atoms with Gasteiger partial charge in [0.1, 0.15) is 0 Å². The molecule has 0 unspecified atom stereocenters. The van der Waals surface area contributed by atoms with Crippen molar-refractivity contribution in [2.45, 2.75) is 43.5 Å². The van der Waals surface area contributed by atoms with Crippen LogP contribution in [0.3, 0.4) is 0 Å². The van der Waals surface area contributed by atoms with Gasteiger partial charge >= 0.3 is 5.97 Å². The van der Waals surface area contributed by atoms with Crippen LogP contribution in [0.15, 0.2) is 58.5 Å². The van der Waals surface area contributed by atoms with Crippen LogP contribution in [0.4, 0.5) is 0 Å². The van der Waals surface area contributed by atoms with E-state index in [1.807, 2.05) is 19.1 Å². The molecule has 0 aliphatic carbocycles. The molecule has 0 spiro atoms. The van der Waals surface area contributed by atoms with Crippen LogP contribution < -0.4 is 0 Å². The molecule has 0 saturated heterocycles. The first-order chi connectivity index (χ1) is 13.8. The summed E-state index contributed by atoms with van der Waals surface area (Å²) < 4.78 is 31.7. The number of sulfone groups is 1. The topological polar surface area (TPSA) is 89.1 Å². The highest BCUT2D eigenvalue weighted by Gasteiger charge is 2.30. The molecule has 6 nitrogen and oxygen atoms in total. The zero-order chi connectivity index (χ0) is 21.2. The van der Waals surface area contributed by atoms with E-state index in [0.717, 1.165) is 11.1 Å². The van der Waals surface area contributed by atoms with Crippen molar-refractivity contribution < 1.29 is 17.9 Å². The number of carbonyl (C=O) groups is 1. The molecule has 0 amide bonds. The van der Waals surface area contributed by atoms with Crippen molar-refractivity contribution >= 4 is 15.8 Å². The number of hydrogen-bond donors (Lipinski definition) is 1. The van der Waals surface area contributed by atoms with E-state index in [4.69, 9.17) is 4.74 Å². The molecule has 0 fully saturated rings. The Labute approximate surface area is 170 Å². The Balaban J connectivity index is 2.20. The largest absolute Gasteiger partial charge is 0.461 e. The second-order valence-corrected chi connectivity index (χ2v) is 8.98. The van der Waals surface area contributed by atoms with Gasteiger partial charge in [0.15, 0.2) is 10.7 Å². The van der Waals surface area contributed by atoms with E-state index in [-0.39, 0.29) is 27.8 Å². The van der Waals surface area contributed by atoms with Gasteiger partial charge in [-0.1, -0.05) is 55.8 Å². The number of ether oxygens (including phenoxy) is 1. The number of nitrogens with one attached hydrogen (secondary N) is 1. The molecule has 0 atom stereocenters. The third-order valence-electron chi connectivity index (χ3n) is 4.67. The fraction of sp³-hybridized carbons (Fsp3) is 0.273. The Hall–Kier alpha value is -2.93. The van der Waals surface area contributed by atoms with Crippen LogP contribution in [0.5, 0.6) is 0 Å². The normalized spacial score (nSPS) is 11.6. The van der Waals surface area contributed by atoms with Crippen molar-refractivity contribution in [1.82, 2.24) is 10.2 Å². The third kappa shape index (κ3) is 4.10. The minimum atomic E-state index is -3.91. The molecule has 0 bridgehead atoms. The molecule has 0 saturated carbocycles. The van der Waals surface area contributed by atoms with Gasteiger partial charge in [0.05, 0.1) is 17.1 Å². The SMILES string of the molecule is CCOC(=O)c1n[nH]c(S(=O)(=O)c2ccc(C)cc2)c1-c1ccc(C(C)C)cc1. The smallest absolute Gasteiger partial charge is 0.359 e. The summed E-state index contributed by atoms with van der Waals surface area (Å²) in [5.74, 6) is -0.342. The Kier molecular flexibility index (Phi) is 5.88. The molecule has 0 aliphatic rings. The van der Waals surface area contributed by atoms with Crippen LogP contribution in [0.25, 0.3) is 11.1 Å². The number of rotatable bonds is 6. The van der Waals surface area contributed by atoms with Crippen molar-refractivity contribution in [1.29, 1.82) is 0 Å². The molecular formula is C22H24N2O4S. The minimum absolute atomic E-state index is 0.0465. The lowest BCUT2D eigenvalue weighted by Crippen LogP contribution is -2.08. The van der Waals surface area contributed by atoms with Gasteiger partial charge in [-0.25, -0.2) is 13.2 Å². The van der Waals surface area contributed by atoms with E-state index in [1.165, 1.54) is 0 Å². The van der Waals surface area contributed by atoms with Gasteiger partial charge in [0.2, 0.25) is 9.84 Å². The van der Waals surface area contributed by atoms with Gasteiger partial charge in [-0.3, -0.25) is 5.10 Å². The monoisotopic (exact) mass is 412 g/mol. The number of aryl methyl sites for hydroxylation is 1. The van der Waals surface area contributed by atoms with E-state index in [0.29, 0.717) is 11.5 Å². The van der Waals surface area contributed by atoms with Gasteiger partial charge < -0.3 is 4.74 Å². The molecule has 7 heteroatoms. The summed E-state index contributed by atoms with van der Waals surface area (Å²) in [6, 6.07) is 14.0. The quantitative estimate of drug-likeness (QED) is 0.601. The summed E-state index contributed by atoms with van der Waals surface area (Å²) in [4.78, 5) is 12.6. The van der Waals surface area contributed by atoms with Crippen LogP contribution in [0.1, 0.15) is 48.3 Å². The Bertz CT molecular complexity index is 1110. The molecule has 152 valence electrons. The van der Waals surface area contributed by atoms with Gasteiger partial charge in [-0.2, -0.15) is 5.10 Å². The van der Waals surface area contributed by atoms with Crippen molar-refractivity contribution in [3.63, 3.8) is 0 Å². The van der Waals surface area contributed by atoms with Crippen molar-refractivity contribution in [3.05, 3.63) is 65.4 Å². The molecule has 1 aromatic heterocycles. The highest BCUT2D eigenvalue weighted by molar-refractivity contribution is 7.91. The number of carbonyl (C=O) groups excluding carboxylic acids is 1. The van der Waals surface area contributed by atoms with Crippen LogP contribution >= 0.6 is 0 Å². The van der Waals surface area contributed by atoms with E-state index in [1.54, 1.807) is 43.3 Å². The van der Waals surface area contributed by atoms with E-state index >= 15 is 0 Å².